The molecule has 0 atom stereocenters. The molecule has 1 saturated carbocycles. The third-order valence-electron chi connectivity index (χ3n) is 4.15. The van der Waals surface area contributed by atoms with Crippen LogP contribution in [0.25, 0.3) is 11.0 Å². The second-order valence-corrected chi connectivity index (χ2v) is 5.65. The van der Waals surface area contributed by atoms with Crippen LogP contribution in [0.5, 0.6) is 0 Å². The minimum Gasteiger partial charge on any atom is -0.480 e. The predicted octanol–water partition coefficient (Wildman–Crippen LogP) is 2.15. The average Bonchev–Trinajstić information content (AvgIpc) is 2.55. The van der Waals surface area contributed by atoms with Gasteiger partial charge in [0, 0.05) is 0 Å². The highest BCUT2D eigenvalue weighted by Gasteiger charge is 2.41. The Kier molecular flexibility index (Phi) is 3.75. The molecule has 1 amide bonds. The van der Waals surface area contributed by atoms with E-state index in [0.29, 0.717) is 23.9 Å². The van der Waals surface area contributed by atoms with Gasteiger partial charge in [-0.2, -0.15) is 0 Å². The standard InChI is InChI=1S/C16H17N3O3/c20-14(19-16(15(21)22)8-4-1-5-9-16)13-10-17-11-6-2-3-7-12(11)18-13/h2-3,6-7,10H,1,4-5,8-9H2,(H,19,20)(H,21,22). The summed E-state index contributed by atoms with van der Waals surface area (Å²) in [5.74, 6) is -1.46. The number of nitrogens with one attached hydrogen (secondary N) is 1. The lowest BCUT2D eigenvalue weighted by atomic mass is 9.81. The van der Waals surface area contributed by atoms with Crippen molar-refractivity contribution in [3.63, 3.8) is 0 Å². The first-order chi connectivity index (χ1) is 10.6. The van der Waals surface area contributed by atoms with Crippen molar-refractivity contribution < 1.29 is 14.7 Å². The van der Waals surface area contributed by atoms with Gasteiger partial charge < -0.3 is 10.4 Å². The molecule has 6 nitrogen and oxygen atoms in total. The third-order valence-corrected chi connectivity index (χ3v) is 4.15. The van der Waals surface area contributed by atoms with Crippen LogP contribution in [0.3, 0.4) is 0 Å². The van der Waals surface area contributed by atoms with E-state index in [1.807, 2.05) is 18.2 Å². The molecule has 0 saturated heterocycles. The van der Waals surface area contributed by atoms with E-state index in [1.165, 1.54) is 6.20 Å². The number of fused-ring (bicyclic) bond motifs is 1. The highest BCUT2D eigenvalue weighted by molar-refractivity contribution is 5.97. The topological polar surface area (TPSA) is 92.2 Å². The minimum absolute atomic E-state index is 0.143. The van der Waals surface area contributed by atoms with E-state index in [9.17, 15) is 14.7 Å². The summed E-state index contributed by atoms with van der Waals surface area (Å²) < 4.78 is 0. The molecule has 2 N–H and O–H groups in total. The molecule has 1 aromatic carbocycles. The lowest BCUT2D eigenvalue weighted by molar-refractivity contribution is -0.145. The Bertz CT molecular complexity index is 723. The monoisotopic (exact) mass is 299 g/mol. The van der Waals surface area contributed by atoms with Crippen LogP contribution in [0.1, 0.15) is 42.6 Å². The van der Waals surface area contributed by atoms with Gasteiger partial charge in [-0.25, -0.2) is 9.78 Å². The van der Waals surface area contributed by atoms with Gasteiger partial charge >= 0.3 is 5.97 Å². The molecule has 0 spiro atoms. The average molecular weight is 299 g/mol. The molecule has 2 aromatic rings. The highest BCUT2D eigenvalue weighted by Crippen LogP contribution is 2.28. The molecule has 1 aliphatic rings. The molecule has 114 valence electrons. The van der Waals surface area contributed by atoms with Gasteiger partial charge in [0.15, 0.2) is 0 Å². The van der Waals surface area contributed by atoms with E-state index in [1.54, 1.807) is 6.07 Å². The van der Waals surface area contributed by atoms with Gasteiger partial charge in [-0.05, 0) is 25.0 Å². The number of amides is 1. The summed E-state index contributed by atoms with van der Waals surface area (Å²) in [4.78, 5) is 32.4. The third kappa shape index (κ3) is 2.64. The van der Waals surface area contributed by atoms with Crippen LogP contribution < -0.4 is 5.32 Å². The zero-order valence-corrected chi connectivity index (χ0v) is 12.1. The first kappa shape index (κ1) is 14.4. The number of rotatable bonds is 3. The fraction of sp³-hybridized carbons (Fsp3) is 0.375. The van der Waals surface area contributed by atoms with Crippen LogP contribution in [0.4, 0.5) is 0 Å². The minimum atomic E-state index is -1.18. The van der Waals surface area contributed by atoms with Gasteiger partial charge in [0.25, 0.3) is 5.91 Å². The van der Waals surface area contributed by atoms with Gasteiger partial charge in [0.2, 0.25) is 0 Å². The Balaban J connectivity index is 1.86. The molecule has 1 heterocycles. The molecule has 0 bridgehead atoms. The van der Waals surface area contributed by atoms with Crippen LogP contribution >= 0.6 is 0 Å². The van der Waals surface area contributed by atoms with Crippen molar-refractivity contribution in [2.45, 2.75) is 37.6 Å². The van der Waals surface area contributed by atoms with Gasteiger partial charge in [-0.15, -0.1) is 0 Å². The molecule has 3 rings (SSSR count). The summed E-state index contributed by atoms with van der Waals surface area (Å²) in [5, 5.41) is 12.2. The fourth-order valence-electron chi connectivity index (χ4n) is 2.90. The number of carbonyl (C=O) groups excluding carboxylic acids is 1. The second kappa shape index (κ2) is 5.71. The molecule has 22 heavy (non-hydrogen) atoms. The van der Waals surface area contributed by atoms with Crippen molar-refractivity contribution in [2.24, 2.45) is 0 Å². The zero-order valence-electron chi connectivity index (χ0n) is 12.1. The van der Waals surface area contributed by atoms with Crippen LogP contribution in [0.2, 0.25) is 0 Å². The van der Waals surface area contributed by atoms with Crippen molar-refractivity contribution in [3.8, 4) is 0 Å². The van der Waals surface area contributed by atoms with E-state index in [4.69, 9.17) is 0 Å². The van der Waals surface area contributed by atoms with Crippen molar-refractivity contribution in [1.82, 2.24) is 15.3 Å². The Morgan fingerprint density at radius 1 is 1.09 bits per heavy atom. The zero-order chi connectivity index (χ0) is 15.6. The van der Waals surface area contributed by atoms with E-state index >= 15 is 0 Å². The maximum atomic E-state index is 12.4. The quantitative estimate of drug-likeness (QED) is 0.906. The number of aliphatic carboxylic acids is 1. The summed E-state index contributed by atoms with van der Waals surface area (Å²) in [7, 11) is 0. The highest BCUT2D eigenvalue weighted by atomic mass is 16.4. The molecule has 1 fully saturated rings. The predicted molar refractivity (Wildman–Crippen MR) is 80.5 cm³/mol. The Morgan fingerprint density at radius 2 is 1.77 bits per heavy atom. The lowest BCUT2D eigenvalue weighted by Gasteiger charge is -2.33. The molecule has 6 heteroatoms. The van der Waals surface area contributed by atoms with E-state index in [-0.39, 0.29) is 5.69 Å². The molecular formula is C16H17N3O3. The Morgan fingerprint density at radius 3 is 2.45 bits per heavy atom. The second-order valence-electron chi connectivity index (χ2n) is 5.65. The number of carboxylic acid groups (broad SMARTS) is 1. The molecule has 1 aromatic heterocycles. The van der Waals surface area contributed by atoms with Crippen LogP contribution in [0, 0.1) is 0 Å². The number of nitrogens with zero attached hydrogens (tertiary/aromatic N) is 2. The van der Waals surface area contributed by atoms with Gasteiger partial charge in [0.1, 0.15) is 11.2 Å². The normalized spacial score (nSPS) is 17.1. The van der Waals surface area contributed by atoms with Crippen LogP contribution in [0.15, 0.2) is 30.5 Å². The maximum absolute atomic E-state index is 12.4. The summed E-state index contributed by atoms with van der Waals surface area (Å²) >= 11 is 0. The summed E-state index contributed by atoms with van der Waals surface area (Å²) in [6, 6.07) is 7.24. The Labute approximate surface area is 127 Å². The number of hydrogen-bond acceptors (Lipinski definition) is 4. The largest absolute Gasteiger partial charge is 0.480 e. The molecular weight excluding hydrogens is 282 g/mol. The van der Waals surface area contributed by atoms with Crippen molar-refractivity contribution in [3.05, 3.63) is 36.2 Å². The van der Waals surface area contributed by atoms with E-state index < -0.39 is 17.4 Å². The summed E-state index contributed by atoms with van der Waals surface area (Å²) in [6.07, 6.45) is 4.90. The Hall–Kier alpha value is -2.50. The maximum Gasteiger partial charge on any atom is 0.329 e. The van der Waals surface area contributed by atoms with Crippen molar-refractivity contribution in [2.75, 3.05) is 0 Å². The number of para-hydroxylation sites is 2. The smallest absolute Gasteiger partial charge is 0.329 e. The summed E-state index contributed by atoms with van der Waals surface area (Å²) in [5.41, 5.74) is 0.278. The van der Waals surface area contributed by atoms with Crippen molar-refractivity contribution in [1.29, 1.82) is 0 Å². The fourth-order valence-corrected chi connectivity index (χ4v) is 2.90. The number of benzene rings is 1. The van der Waals surface area contributed by atoms with Gasteiger partial charge in [-0.1, -0.05) is 31.4 Å². The SMILES string of the molecule is O=C(NC1(C(=O)O)CCCCC1)c1cnc2ccccc2n1. The number of carboxylic acids is 1. The number of aromatic nitrogens is 2. The molecule has 0 aliphatic heterocycles. The van der Waals surface area contributed by atoms with E-state index in [2.05, 4.69) is 15.3 Å². The molecule has 1 aliphatic carbocycles. The first-order valence-electron chi connectivity index (χ1n) is 7.38. The molecule has 0 unspecified atom stereocenters. The summed E-state index contributed by atoms with van der Waals surface area (Å²) in [6.45, 7) is 0. The number of hydrogen-bond donors (Lipinski definition) is 2. The molecule has 0 radical (unpaired) electrons. The van der Waals surface area contributed by atoms with Crippen molar-refractivity contribution >= 4 is 22.9 Å². The van der Waals surface area contributed by atoms with Crippen LogP contribution in [-0.2, 0) is 4.79 Å². The van der Waals surface area contributed by atoms with Gasteiger partial charge in [0.05, 0.1) is 17.2 Å². The lowest BCUT2D eigenvalue weighted by Crippen LogP contribution is -2.55. The number of carbonyl (C=O) groups is 2. The van der Waals surface area contributed by atoms with Crippen LogP contribution in [-0.4, -0.2) is 32.5 Å². The van der Waals surface area contributed by atoms with E-state index in [0.717, 1.165) is 19.3 Å². The van der Waals surface area contributed by atoms with Gasteiger partial charge in [-0.3, -0.25) is 9.78 Å². The first-order valence-corrected chi connectivity index (χ1v) is 7.38.